The molecule has 0 fully saturated rings. The maximum Gasteiger partial charge on any atom is 0.340 e. The molecule has 2 heterocycles. The average Bonchev–Trinajstić information content (AvgIpc) is 2.71. The third kappa shape index (κ3) is 4.58. The maximum atomic E-state index is 12.6. The van der Waals surface area contributed by atoms with Crippen molar-refractivity contribution in [2.75, 3.05) is 6.54 Å². The quantitative estimate of drug-likeness (QED) is 0.612. The van der Waals surface area contributed by atoms with Crippen molar-refractivity contribution in [1.29, 1.82) is 0 Å². The molecule has 0 bridgehead atoms. The second-order valence-electron chi connectivity index (χ2n) is 8.75. The second kappa shape index (κ2) is 8.10. The highest BCUT2D eigenvalue weighted by atomic mass is 16.5. The fraction of sp³-hybridized carbons (Fsp3) is 0.360. The van der Waals surface area contributed by atoms with Gasteiger partial charge in [0.15, 0.2) is 0 Å². The Labute approximate surface area is 180 Å². The molecule has 4 rings (SSSR count). The van der Waals surface area contributed by atoms with Gasteiger partial charge in [0.05, 0.1) is 12.0 Å². The number of hydrogen-bond donors (Lipinski definition) is 2. The number of nitrogens with one attached hydrogen (secondary N) is 1. The number of carbonyl (C=O) groups excluding carboxylic acids is 1. The predicted molar refractivity (Wildman–Crippen MR) is 119 cm³/mol. The molecule has 0 radical (unpaired) electrons. The van der Waals surface area contributed by atoms with Crippen LogP contribution in [0, 0.1) is 6.92 Å². The van der Waals surface area contributed by atoms with E-state index in [4.69, 9.17) is 9.15 Å². The van der Waals surface area contributed by atoms with Crippen LogP contribution in [0.15, 0.2) is 45.6 Å². The van der Waals surface area contributed by atoms with E-state index >= 15 is 0 Å². The number of aromatic hydroxyl groups is 1. The number of phenolic OH excluding ortho intramolecular Hbond substituents is 1. The van der Waals surface area contributed by atoms with Gasteiger partial charge in [0.1, 0.15) is 22.7 Å². The third-order valence-corrected chi connectivity index (χ3v) is 5.86. The highest BCUT2D eigenvalue weighted by molar-refractivity contribution is 5.86. The van der Waals surface area contributed by atoms with Gasteiger partial charge in [-0.3, -0.25) is 4.79 Å². The Morgan fingerprint density at radius 2 is 1.94 bits per heavy atom. The van der Waals surface area contributed by atoms with E-state index in [2.05, 4.69) is 5.32 Å². The summed E-state index contributed by atoms with van der Waals surface area (Å²) < 4.78 is 11.6. The number of ether oxygens (including phenoxy) is 1. The van der Waals surface area contributed by atoms with Crippen LogP contribution >= 0.6 is 0 Å². The number of amides is 1. The summed E-state index contributed by atoms with van der Waals surface area (Å²) >= 11 is 0. The standard InChI is InChI=1S/C25H27NO5/c1-15-19-12-17-8-10-25(2,3)31-21(17)14-22(19)30-24(29)20(15)13-23(28)26-11-9-16-4-6-18(27)7-5-16/h4-7,12,14,27H,8-11,13H2,1-3H3,(H,26,28). The minimum absolute atomic E-state index is 0.0275. The SMILES string of the molecule is Cc1c(CC(=O)NCCc2ccc(O)cc2)c(=O)oc2cc3c(cc12)CCC(C)(C)O3. The second-order valence-corrected chi connectivity index (χ2v) is 8.75. The van der Waals surface area contributed by atoms with Gasteiger partial charge in [-0.25, -0.2) is 4.79 Å². The predicted octanol–water partition coefficient (Wildman–Crippen LogP) is 3.81. The van der Waals surface area contributed by atoms with Crippen LogP contribution in [-0.4, -0.2) is 23.2 Å². The molecule has 3 aromatic rings. The highest BCUT2D eigenvalue weighted by Crippen LogP contribution is 2.36. The summed E-state index contributed by atoms with van der Waals surface area (Å²) in [5, 5.41) is 13.0. The van der Waals surface area contributed by atoms with Crippen molar-refractivity contribution in [2.24, 2.45) is 0 Å². The van der Waals surface area contributed by atoms with Gasteiger partial charge in [-0.2, -0.15) is 0 Å². The van der Waals surface area contributed by atoms with Crippen LogP contribution in [0.5, 0.6) is 11.5 Å². The molecule has 6 nitrogen and oxygen atoms in total. The van der Waals surface area contributed by atoms with Crippen molar-refractivity contribution in [3.63, 3.8) is 0 Å². The summed E-state index contributed by atoms with van der Waals surface area (Å²) in [7, 11) is 0. The van der Waals surface area contributed by atoms with Crippen LogP contribution < -0.4 is 15.7 Å². The normalized spacial score (nSPS) is 14.7. The van der Waals surface area contributed by atoms with Crippen LogP contribution in [0.2, 0.25) is 0 Å². The minimum Gasteiger partial charge on any atom is -0.508 e. The van der Waals surface area contributed by atoms with Crippen molar-refractivity contribution < 1.29 is 19.1 Å². The van der Waals surface area contributed by atoms with Crippen LogP contribution in [-0.2, 0) is 24.1 Å². The first kappa shape index (κ1) is 21.0. The summed E-state index contributed by atoms with van der Waals surface area (Å²) in [5.41, 5.74) is 3.00. The molecule has 31 heavy (non-hydrogen) atoms. The molecule has 1 aliphatic rings. The molecule has 1 aromatic heterocycles. The number of phenols is 1. The zero-order valence-corrected chi connectivity index (χ0v) is 18.1. The zero-order chi connectivity index (χ0) is 22.2. The lowest BCUT2D eigenvalue weighted by Crippen LogP contribution is -2.32. The molecule has 0 atom stereocenters. The Kier molecular flexibility index (Phi) is 5.48. The topological polar surface area (TPSA) is 88.8 Å². The Morgan fingerprint density at radius 1 is 1.19 bits per heavy atom. The molecule has 0 spiro atoms. The zero-order valence-electron chi connectivity index (χ0n) is 18.1. The minimum atomic E-state index is -0.492. The van der Waals surface area contributed by atoms with E-state index in [0.29, 0.717) is 24.1 Å². The maximum absolute atomic E-state index is 12.6. The van der Waals surface area contributed by atoms with Crippen molar-refractivity contribution in [3.8, 4) is 11.5 Å². The third-order valence-electron chi connectivity index (χ3n) is 5.86. The van der Waals surface area contributed by atoms with E-state index in [9.17, 15) is 14.7 Å². The largest absolute Gasteiger partial charge is 0.508 e. The van der Waals surface area contributed by atoms with Crippen molar-refractivity contribution >= 4 is 16.9 Å². The summed E-state index contributed by atoms with van der Waals surface area (Å²) in [4.78, 5) is 25.1. The number of rotatable bonds is 5. The lowest BCUT2D eigenvalue weighted by Gasteiger charge is -2.32. The number of carbonyl (C=O) groups is 1. The van der Waals surface area contributed by atoms with Crippen molar-refractivity contribution in [3.05, 3.63) is 69.1 Å². The van der Waals surface area contributed by atoms with Gasteiger partial charge >= 0.3 is 5.63 Å². The lowest BCUT2D eigenvalue weighted by atomic mass is 9.92. The van der Waals surface area contributed by atoms with Gasteiger partial charge in [-0.05, 0) is 74.9 Å². The van der Waals surface area contributed by atoms with Crippen molar-refractivity contribution in [1.82, 2.24) is 5.32 Å². The molecule has 1 amide bonds. The fourth-order valence-electron chi connectivity index (χ4n) is 3.97. The van der Waals surface area contributed by atoms with E-state index in [-0.39, 0.29) is 23.7 Å². The van der Waals surface area contributed by atoms with E-state index in [1.54, 1.807) is 18.2 Å². The van der Waals surface area contributed by atoms with Gasteiger partial charge in [0, 0.05) is 18.0 Å². The molecule has 6 heteroatoms. The summed E-state index contributed by atoms with van der Waals surface area (Å²) in [6.45, 7) is 6.40. The molecular formula is C25H27NO5. The monoisotopic (exact) mass is 421 g/mol. The Balaban J connectivity index is 1.50. The summed E-state index contributed by atoms with van der Waals surface area (Å²) in [6.07, 6.45) is 2.42. The van der Waals surface area contributed by atoms with Gasteiger partial charge in [-0.1, -0.05) is 12.1 Å². The summed E-state index contributed by atoms with van der Waals surface area (Å²) in [6, 6.07) is 10.7. The van der Waals surface area contributed by atoms with Crippen LogP contribution in [0.3, 0.4) is 0 Å². The van der Waals surface area contributed by atoms with Crippen LogP contribution in [0.4, 0.5) is 0 Å². The molecule has 1 aliphatic heterocycles. The van der Waals surface area contributed by atoms with E-state index in [0.717, 1.165) is 40.7 Å². The van der Waals surface area contributed by atoms with Gasteiger partial charge in [-0.15, -0.1) is 0 Å². The summed E-state index contributed by atoms with van der Waals surface area (Å²) in [5.74, 6) is 0.741. The van der Waals surface area contributed by atoms with E-state index < -0.39 is 5.63 Å². The molecule has 0 saturated carbocycles. The fourth-order valence-corrected chi connectivity index (χ4v) is 3.97. The van der Waals surface area contributed by atoms with Gasteiger partial charge in [0.25, 0.3) is 0 Å². The van der Waals surface area contributed by atoms with Gasteiger partial charge in [0.2, 0.25) is 5.91 Å². The Morgan fingerprint density at radius 3 is 2.68 bits per heavy atom. The molecule has 2 aromatic carbocycles. The number of aryl methyl sites for hydroxylation is 2. The molecular weight excluding hydrogens is 394 g/mol. The molecule has 0 aliphatic carbocycles. The van der Waals surface area contributed by atoms with E-state index in [1.807, 2.05) is 39.0 Å². The molecule has 162 valence electrons. The Hall–Kier alpha value is -3.28. The van der Waals surface area contributed by atoms with E-state index in [1.165, 1.54) is 0 Å². The van der Waals surface area contributed by atoms with Crippen LogP contribution in [0.1, 0.15) is 42.5 Å². The van der Waals surface area contributed by atoms with Crippen molar-refractivity contribution in [2.45, 2.75) is 52.1 Å². The molecule has 0 saturated heterocycles. The first-order chi connectivity index (χ1) is 14.7. The van der Waals surface area contributed by atoms with Crippen LogP contribution in [0.25, 0.3) is 11.0 Å². The first-order valence-electron chi connectivity index (χ1n) is 10.5. The number of hydrogen-bond acceptors (Lipinski definition) is 5. The molecule has 2 N–H and O–H groups in total. The Bertz CT molecular complexity index is 1190. The molecule has 0 unspecified atom stereocenters. The first-order valence-corrected chi connectivity index (χ1v) is 10.5. The number of benzene rings is 2. The smallest absolute Gasteiger partial charge is 0.340 e. The lowest BCUT2D eigenvalue weighted by molar-refractivity contribution is -0.120. The average molecular weight is 421 g/mol. The highest BCUT2D eigenvalue weighted by Gasteiger charge is 2.27. The number of fused-ring (bicyclic) bond motifs is 2. The van der Waals surface area contributed by atoms with Gasteiger partial charge < -0.3 is 19.6 Å².